The van der Waals surface area contributed by atoms with Crippen molar-refractivity contribution in [1.82, 2.24) is 9.80 Å². The maximum Gasteiger partial charge on any atom is 0.227 e. The second kappa shape index (κ2) is 6.02. The summed E-state index contributed by atoms with van der Waals surface area (Å²) in [5.74, 6) is 1.14. The van der Waals surface area contributed by atoms with Crippen LogP contribution in [0.1, 0.15) is 44.9 Å². The van der Waals surface area contributed by atoms with Gasteiger partial charge in [0.1, 0.15) is 0 Å². The lowest BCUT2D eigenvalue weighted by Crippen LogP contribution is -2.56. The lowest BCUT2D eigenvalue weighted by molar-refractivity contribution is -0.140. The van der Waals surface area contributed by atoms with Gasteiger partial charge in [0.05, 0.1) is 5.92 Å². The Hall–Kier alpha value is -0.610. The molecule has 20 heavy (non-hydrogen) atoms. The van der Waals surface area contributed by atoms with Crippen LogP contribution in [0, 0.1) is 11.8 Å². The molecule has 3 fully saturated rings. The van der Waals surface area contributed by atoms with Gasteiger partial charge in [-0.25, -0.2) is 0 Å². The monoisotopic (exact) mass is 279 g/mol. The smallest absolute Gasteiger partial charge is 0.227 e. The molecular weight excluding hydrogens is 250 g/mol. The minimum Gasteiger partial charge on any atom is -0.342 e. The number of rotatable bonds is 1. The van der Waals surface area contributed by atoms with E-state index in [0.29, 0.717) is 17.9 Å². The summed E-state index contributed by atoms with van der Waals surface area (Å²) < 4.78 is 0. The highest BCUT2D eigenvalue weighted by atomic mass is 16.2. The average molecular weight is 279 g/mol. The van der Waals surface area contributed by atoms with Gasteiger partial charge in [-0.3, -0.25) is 4.79 Å². The normalized spacial score (nSPS) is 39.4. The number of hydrogen-bond acceptors (Lipinski definition) is 3. The van der Waals surface area contributed by atoms with Crippen molar-refractivity contribution in [1.29, 1.82) is 0 Å². The van der Waals surface area contributed by atoms with Crippen LogP contribution in [0.25, 0.3) is 0 Å². The van der Waals surface area contributed by atoms with Gasteiger partial charge >= 0.3 is 0 Å². The molecule has 3 aliphatic rings. The average Bonchev–Trinajstić information content (AvgIpc) is 2.47. The van der Waals surface area contributed by atoms with E-state index in [-0.39, 0.29) is 12.0 Å². The first-order chi connectivity index (χ1) is 9.66. The number of carbonyl (C=O) groups excluding carboxylic acids is 1. The van der Waals surface area contributed by atoms with Crippen LogP contribution < -0.4 is 5.73 Å². The van der Waals surface area contributed by atoms with Crippen molar-refractivity contribution in [3.05, 3.63) is 0 Å². The zero-order valence-corrected chi connectivity index (χ0v) is 12.8. The van der Waals surface area contributed by atoms with E-state index in [4.69, 9.17) is 5.73 Å². The summed E-state index contributed by atoms with van der Waals surface area (Å²) in [4.78, 5) is 17.4. The van der Waals surface area contributed by atoms with Crippen LogP contribution in [0.3, 0.4) is 0 Å². The van der Waals surface area contributed by atoms with Crippen LogP contribution in [0.2, 0.25) is 0 Å². The molecule has 1 aliphatic carbocycles. The molecule has 0 spiro atoms. The molecule has 4 unspecified atom stereocenters. The van der Waals surface area contributed by atoms with Gasteiger partial charge in [-0.05, 0) is 51.6 Å². The van der Waals surface area contributed by atoms with Crippen LogP contribution in [-0.4, -0.2) is 54.5 Å². The number of fused-ring (bicyclic) bond motifs is 1. The van der Waals surface area contributed by atoms with Crippen LogP contribution >= 0.6 is 0 Å². The quantitative estimate of drug-likeness (QED) is 0.790. The van der Waals surface area contributed by atoms with E-state index in [1.54, 1.807) is 0 Å². The lowest BCUT2D eigenvalue weighted by atomic mass is 9.81. The highest BCUT2D eigenvalue weighted by molar-refractivity contribution is 5.79. The van der Waals surface area contributed by atoms with Crippen molar-refractivity contribution in [2.24, 2.45) is 17.6 Å². The van der Waals surface area contributed by atoms with Crippen LogP contribution in [0.15, 0.2) is 0 Å². The molecule has 3 rings (SSSR count). The molecule has 0 bridgehead atoms. The van der Waals surface area contributed by atoms with E-state index in [2.05, 4.69) is 16.8 Å². The first kappa shape index (κ1) is 14.3. The zero-order valence-electron chi connectivity index (χ0n) is 12.8. The van der Waals surface area contributed by atoms with E-state index in [9.17, 15) is 4.79 Å². The zero-order chi connectivity index (χ0) is 14.1. The predicted molar refractivity (Wildman–Crippen MR) is 80.3 cm³/mol. The van der Waals surface area contributed by atoms with Gasteiger partial charge in [0.25, 0.3) is 0 Å². The second-order valence-corrected chi connectivity index (χ2v) is 7.08. The first-order valence-electron chi connectivity index (χ1n) is 8.41. The molecular formula is C16H29N3O. The Morgan fingerprint density at radius 3 is 2.65 bits per heavy atom. The molecule has 0 aromatic heterocycles. The molecule has 2 N–H and O–H groups in total. The Labute approximate surface area is 122 Å². The SMILES string of the molecule is CN1CCCC2CN(C(=O)C3CCCCC3N)CCC21. The summed E-state index contributed by atoms with van der Waals surface area (Å²) in [6.45, 7) is 3.13. The second-order valence-electron chi connectivity index (χ2n) is 7.08. The van der Waals surface area contributed by atoms with Gasteiger partial charge < -0.3 is 15.5 Å². The van der Waals surface area contributed by atoms with Gasteiger partial charge in [-0.2, -0.15) is 0 Å². The summed E-state index contributed by atoms with van der Waals surface area (Å²) in [5, 5.41) is 0. The summed E-state index contributed by atoms with van der Waals surface area (Å²) in [5.41, 5.74) is 6.18. The molecule has 4 heteroatoms. The molecule has 2 aliphatic heterocycles. The van der Waals surface area contributed by atoms with Gasteiger partial charge in [0, 0.05) is 25.2 Å². The van der Waals surface area contributed by atoms with Crippen LogP contribution in [0.4, 0.5) is 0 Å². The third-order valence-corrected chi connectivity index (χ3v) is 5.79. The fourth-order valence-electron chi connectivity index (χ4n) is 4.55. The minimum atomic E-state index is 0.0987. The molecule has 4 nitrogen and oxygen atoms in total. The number of piperidine rings is 2. The molecule has 0 aromatic rings. The number of likely N-dealkylation sites (tertiary alicyclic amines) is 2. The molecule has 4 atom stereocenters. The van der Waals surface area contributed by atoms with Crippen molar-refractivity contribution in [3.63, 3.8) is 0 Å². The minimum absolute atomic E-state index is 0.0987. The number of hydrogen-bond donors (Lipinski definition) is 1. The molecule has 0 aromatic carbocycles. The Balaban J connectivity index is 1.62. The highest BCUT2D eigenvalue weighted by Gasteiger charge is 2.38. The fourth-order valence-corrected chi connectivity index (χ4v) is 4.55. The standard InChI is InChI=1S/C16H29N3O/c1-18-9-4-5-12-11-19(10-8-15(12)18)16(20)13-6-2-3-7-14(13)17/h12-15H,2-11,17H2,1H3. The van der Waals surface area contributed by atoms with Gasteiger partial charge in [-0.1, -0.05) is 12.8 Å². The molecule has 1 saturated carbocycles. The number of nitrogens with two attached hydrogens (primary N) is 1. The van der Waals surface area contributed by atoms with Crippen molar-refractivity contribution in [2.75, 3.05) is 26.7 Å². The van der Waals surface area contributed by atoms with Crippen molar-refractivity contribution in [3.8, 4) is 0 Å². The maximum absolute atomic E-state index is 12.8. The van der Waals surface area contributed by atoms with Crippen LogP contribution in [0.5, 0.6) is 0 Å². The topological polar surface area (TPSA) is 49.6 Å². The maximum atomic E-state index is 12.8. The third-order valence-electron chi connectivity index (χ3n) is 5.79. The predicted octanol–water partition coefficient (Wildman–Crippen LogP) is 1.45. The third kappa shape index (κ3) is 2.73. The van der Waals surface area contributed by atoms with Gasteiger partial charge in [0.15, 0.2) is 0 Å². The van der Waals surface area contributed by atoms with Gasteiger partial charge in [0.2, 0.25) is 5.91 Å². The van der Waals surface area contributed by atoms with Crippen molar-refractivity contribution < 1.29 is 4.79 Å². The van der Waals surface area contributed by atoms with E-state index in [1.165, 1.54) is 32.2 Å². The highest BCUT2D eigenvalue weighted by Crippen LogP contribution is 2.32. The van der Waals surface area contributed by atoms with E-state index in [1.807, 2.05) is 0 Å². The first-order valence-corrected chi connectivity index (χ1v) is 8.41. The Kier molecular flexibility index (Phi) is 4.32. The molecule has 2 saturated heterocycles. The van der Waals surface area contributed by atoms with E-state index in [0.717, 1.165) is 32.4 Å². The molecule has 0 radical (unpaired) electrons. The Bertz CT molecular complexity index is 360. The van der Waals surface area contributed by atoms with E-state index < -0.39 is 0 Å². The van der Waals surface area contributed by atoms with Crippen molar-refractivity contribution >= 4 is 5.91 Å². The molecule has 114 valence electrons. The number of carbonyl (C=O) groups is 1. The van der Waals surface area contributed by atoms with E-state index >= 15 is 0 Å². The molecule has 2 heterocycles. The summed E-state index contributed by atoms with van der Waals surface area (Å²) in [6.07, 6.45) is 8.11. The summed E-state index contributed by atoms with van der Waals surface area (Å²) >= 11 is 0. The number of nitrogens with zero attached hydrogens (tertiary/aromatic N) is 2. The summed E-state index contributed by atoms with van der Waals surface area (Å²) in [6, 6.07) is 0.802. The number of amides is 1. The molecule has 1 amide bonds. The van der Waals surface area contributed by atoms with Crippen molar-refractivity contribution in [2.45, 2.75) is 57.0 Å². The largest absolute Gasteiger partial charge is 0.342 e. The lowest BCUT2D eigenvalue weighted by Gasteiger charge is -2.47. The Morgan fingerprint density at radius 1 is 1.05 bits per heavy atom. The Morgan fingerprint density at radius 2 is 1.85 bits per heavy atom. The summed E-state index contributed by atoms with van der Waals surface area (Å²) in [7, 11) is 2.24. The van der Waals surface area contributed by atoms with Gasteiger partial charge in [-0.15, -0.1) is 0 Å². The fraction of sp³-hybridized carbons (Fsp3) is 0.938. The van der Waals surface area contributed by atoms with Crippen LogP contribution in [-0.2, 0) is 4.79 Å².